The van der Waals surface area contributed by atoms with Crippen LogP contribution in [0.5, 0.6) is 5.75 Å². The summed E-state index contributed by atoms with van der Waals surface area (Å²) in [5, 5.41) is 15.2. The van der Waals surface area contributed by atoms with Crippen molar-refractivity contribution in [3.63, 3.8) is 0 Å². The maximum absolute atomic E-state index is 9.65. The number of fused-ring (bicyclic) bond motifs is 3. The normalized spacial score (nSPS) is 11.3. The fourth-order valence-electron chi connectivity index (χ4n) is 4.26. The smallest absolute Gasteiger partial charge is 0.153 e. The minimum absolute atomic E-state index is 0.321. The molecule has 31 heavy (non-hydrogen) atoms. The number of phenolic OH excluding ortho intramolecular Hbond substituents is 1. The summed E-state index contributed by atoms with van der Waals surface area (Å²) in [6.45, 7) is 4.28. The summed E-state index contributed by atoms with van der Waals surface area (Å²) in [5.74, 6) is 1.15. The zero-order chi connectivity index (χ0) is 21.8. The molecule has 0 saturated heterocycles. The van der Waals surface area contributed by atoms with Gasteiger partial charge in [-0.1, -0.05) is 38.0 Å². The number of benzene rings is 2. The molecular weight excluding hydrogens is 382 g/mol. The molecule has 0 fully saturated rings. The van der Waals surface area contributed by atoms with E-state index in [1.54, 1.807) is 6.07 Å². The van der Waals surface area contributed by atoms with E-state index in [0.717, 1.165) is 52.4 Å². The van der Waals surface area contributed by atoms with Gasteiger partial charge in [0.2, 0.25) is 0 Å². The quantitative estimate of drug-likeness (QED) is 0.261. The van der Waals surface area contributed by atoms with Gasteiger partial charge in [0.25, 0.3) is 0 Å². The molecule has 0 spiro atoms. The van der Waals surface area contributed by atoms with Crippen molar-refractivity contribution in [3.05, 3.63) is 70.9 Å². The lowest BCUT2D eigenvalue weighted by Crippen LogP contribution is -2.00. The molecule has 4 heteroatoms. The third kappa shape index (κ3) is 4.63. The number of nitrogens with one attached hydrogen (secondary N) is 1. The molecule has 0 aliphatic heterocycles. The van der Waals surface area contributed by atoms with Gasteiger partial charge in [0.15, 0.2) is 5.82 Å². The second-order valence-electron chi connectivity index (χ2n) is 8.37. The summed E-state index contributed by atoms with van der Waals surface area (Å²) >= 11 is 0. The highest BCUT2D eigenvalue weighted by Crippen LogP contribution is 2.30. The highest BCUT2D eigenvalue weighted by atomic mass is 16.3. The number of phenols is 1. The Balaban J connectivity index is 1.68. The molecule has 0 radical (unpaired) electrons. The van der Waals surface area contributed by atoms with Crippen LogP contribution in [0.1, 0.15) is 48.4 Å². The van der Waals surface area contributed by atoms with Gasteiger partial charge in [0.1, 0.15) is 11.3 Å². The van der Waals surface area contributed by atoms with Gasteiger partial charge in [0.05, 0.1) is 5.52 Å². The van der Waals surface area contributed by atoms with E-state index in [-0.39, 0.29) is 0 Å². The SMILES string of the molecule is CCCCCc1ccc2c(c1)nc(NC)c1ncc(CCc3ccc(O)cc3C)cc12. The molecule has 4 rings (SSSR count). The van der Waals surface area contributed by atoms with Gasteiger partial charge in [-0.15, -0.1) is 0 Å². The van der Waals surface area contributed by atoms with Crippen molar-refractivity contribution in [2.45, 2.75) is 52.4 Å². The number of nitrogens with zero attached hydrogens (tertiary/aromatic N) is 2. The zero-order valence-corrected chi connectivity index (χ0v) is 18.7. The van der Waals surface area contributed by atoms with Crippen molar-refractivity contribution in [1.82, 2.24) is 9.97 Å². The summed E-state index contributed by atoms with van der Waals surface area (Å²) < 4.78 is 0. The Labute approximate surface area is 184 Å². The summed E-state index contributed by atoms with van der Waals surface area (Å²) in [6.07, 6.45) is 8.60. The van der Waals surface area contributed by atoms with Gasteiger partial charge >= 0.3 is 0 Å². The van der Waals surface area contributed by atoms with E-state index in [1.165, 1.54) is 36.0 Å². The molecule has 0 bridgehead atoms. The lowest BCUT2D eigenvalue weighted by Gasteiger charge is -2.12. The van der Waals surface area contributed by atoms with Crippen LogP contribution in [-0.2, 0) is 19.3 Å². The molecule has 4 aromatic rings. The number of aromatic nitrogens is 2. The van der Waals surface area contributed by atoms with Gasteiger partial charge < -0.3 is 10.4 Å². The summed E-state index contributed by atoms with van der Waals surface area (Å²) in [5.41, 5.74) is 6.88. The lowest BCUT2D eigenvalue weighted by molar-refractivity contribution is 0.474. The van der Waals surface area contributed by atoms with Gasteiger partial charge in [-0.2, -0.15) is 0 Å². The lowest BCUT2D eigenvalue weighted by atomic mass is 9.99. The van der Waals surface area contributed by atoms with Crippen LogP contribution >= 0.6 is 0 Å². The largest absolute Gasteiger partial charge is 0.508 e. The third-order valence-electron chi connectivity index (χ3n) is 6.07. The molecule has 0 atom stereocenters. The number of hydrogen-bond donors (Lipinski definition) is 2. The summed E-state index contributed by atoms with van der Waals surface area (Å²) in [6, 6.07) is 14.5. The maximum Gasteiger partial charge on any atom is 0.153 e. The van der Waals surface area contributed by atoms with Crippen LogP contribution in [0.4, 0.5) is 5.82 Å². The Kier molecular flexibility index (Phi) is 6.36. The number of anilines is 1. The van der Waals surface area contributed by atoms with Crippen LogP contribution in [0.2, 0.25) is 0 Å². The molecule has 0 amide bonds. The number of rotatable bonds is 8. The molecule has 2 heterocycles. The molecule has 4 nitrogen and oxygen atoms in total. The monoisotopic (exact) mass is 413 g/mol. The van der Waals surface area contributed by atoms with E-state index in [9.17, 15) is 5.11 Å². The van der Waals surface area contributed by atoms with Crippen molar-refractivity contribution in [1.29, 1.82) is 0 Å². The highest BCUT2D eigenvalue weighted by molar-refractivity contribution is 6.08. The fourth-order valence-corrected chi connectivity index (χ4v) is 4.26. The van der Waals surface area contributed by atoms with Crippen molar-refractivity contribution in [2.75, 3.05) is 12.4 Å². The van der Waals surface area contributed by atoms with E-state index < -0.39 is 0 Å². The second-order valence-corrected chi connectivity index (χ2v) is 8.37. The molecule has 2 N–H and O–H groups in total. The molecular formula is C27H31N3O. The first-order valence-electron chi connectivity index (χ1n) is 11.3. The molecule has 0 aliphatic carbocycles. The van der Waals surface area contributed by atoms with E-state index >= 15 is 0 Å². The molecule has 0 unspecified atom stereocenters. The number of hydrogen-bond acceptors (Lipinski definition) is 4. The van der Waals surface area contributed by atoms with E-state index in [1.807, 2.05) is 32.3 Å². The van der Waals surface area contributed by atoms with Crippen LogP contribution in [0.3, 0.4) is 0 Å². The Hall–Kier alpha value is -3.14. The first-order valence-corrected chi connectivity index (χ1v) is 11.3. The summed E-state index contributed by atoms with van der Waals surface area (Å²) in [7, 11) is 1.90. The number of aromatic hydroxyl groups is 1. The first-order chi connectivity index (χ1) is 15.1. The van der Waals surface area contributed by atoms with Crippen molar-refractivity contribution < 1.29 is 5.11 Å². The van der Waals surface area contributed by atoms with Crippen molar-refractivity contribution >= 4 is 27.6 Å². The van der Waals surface area contributed by atoms with Gasteiger partial charge in [-0.05, 0) is 79.1 Å². The van der Waals surface area contributed by atoms with Crippen LogP contribution in [0.15, 0.2) is 48.7 Å². The average molecular weight is 414 g/mol. The van der Waals surface area contributed by atoms with Gasteiger partial charge in [-0.3, -0.25) is 4.98 Å². The number of pyridine rings is 2. The molecule has 160 valence electrons. The topological polar surface area (TPSA) is 58.0 Å². The standard InChI is InChI=1S/C27H31N3O/c1-4-5-6-7-19-9-13-23-24-15-20(8-10-21-11-12-22(31)14-18(21)2)17-29-26(24)27(28-3)30-25(23)16-19/h9,11-17,31H,4-8,10H2,1-3H3,(H,28,30). The maximum atomic E-state index is 9.65. The van der Waals surface area contributed by atoms with Crippen molar-refractivity contribution in [3.8, 4) is 5.75 Å². The minimum atomic E-state index is 0.321. The molecule has 0 aliphatic rings. The van der Waals surface area contributed by atoms with Gasteiger partial charge in [-0.25, -0.2) is 4.98 Å². The summed E-state index contributed by atoms with van der Waals surface area (Å²) in [4.78, 5) is 9.63. The number of aryl methyl sites for hydroxylation is 4. The van der Waals surface area contributed by atoms with Crippen LogP contribution in [0.25, 0.3) is 21.8 Å². The zero-order valence-electron chi connectivity index (χ0n) is 18.7. The number of unbranched alkanes of at least 4 members (excludes halogenated alkanes) is 2. The Morgan fingerprint density at radius 1 is 0.903 bits per heavy atom. The predicted molar refractivity (Wildman–Crippen MR) is 130 cm³/mol. The Bertz CT molecular complexity index is 1220. The highest BCUT2D eigenvalue weighted by Gasteiger charge is 2.11. The minimum Gasteiger partial charge on any atom is -0.508 e. The first kappa shape index (κ1) is 21.1. The average Bonchev–Trinajstić information content (AvgIpc) is 2.77. The fraction of sp³-hybridized carbons (Fsp3) is 0.333. The third-order valence-corrected chi connectivity index (χ3v) is 6.07. The second kappa shape index (κ2) is 9.34. The molecule has 0 saturated carbocycles. The van der Waals surface area contributed by atoms with Crippen molar-refractivity contribution in [2.24, 2.45) is 0 Å². The van der Waals surface area contributed by atoms with Crippen LogP contribution < -0.4 is 5.32 Å². The van der Waals surface area contributed by atoms with E-state index in [4.69, 9.17) is 9.97 Å². The predicted octanol–water partition coefficient (Wildman–Crippen LogP) is 6.36. The van der Waals surface area contributed by atoms with E-state index in [0.29, 0.717) is 5.75 Å². The Morgan fingerprint density at radius 3 is 2.55 bits per heavy atom. The van der Waals surface area contributed by atoms with Gasteiger partial charge in [0, 0.05) is 24.0 Å². The Morgan fingerprint density at radius 2 is 1.77 bits per heavy atom. The van der Waals surface area contributed by atoms with E-state index in [2.05, 4.69) is 36.5 Å². The molecule has 2 aromatic heterocycles. The molecule has 2 aromatic carbocycles. The van der Waals surface area contributed by atoms with Crippen LogP contribution in [-0.4, -0.2) is 22.1 Å². The van der Waals surface area contributed by atoms with Crippen LogP contribution in [0, 0.1) is 6.92 Å².